The summed E-state index contributed by atoms with van der Waals surface area (Å²) in [5.74, 6) is -0.586. The Morgan fingerprint density at radius 3 is 2.60 bits per heavy atom. The van der Waals surface area contributed by atoms with Crippen molar-refractivity contribution in [1.29, 1.82) is 0 Å². The van der Waals surface area contributed by atoms with Gasteiger partial charge in [-0.15, -0.1) is 11.3 Å². The molecule has 3 heterocycles. The van der Waals surface area contributed by atoms with Gasteiger partial charge in [-0.3, -0.25) is 14.2 Å². The summed E-state index contributed by atoms with van der Waals surface area (Å²) < 4.78 is 6.05. The second-order valence-corrected chi connectivity index (χ2v) is 7.09. The van der Waals surface area contributed by atoms with Crippen molar-refractivity contribution in [3.8, 4) is 0 Å². The Morgan fingerprint density at radius 1 is 1.28 bits per heavy atom. The molecule has 0 aliphatic carbocycles. The van der Waals surface area contributed by atoms with E-state index in [9.17, 15) is 14.4 Å². The topological polar surface area (TPSA) is 84.7 Å². The van der Waals surface area contributed by atoms with E-state index in [0.29, 0.717) is 33.7 Å². The van der Waals surface area contributed by atoms with E-state index in [0.717, 1.165) is 24.4 Å². The minimum atomic E-state index is -0.486. The highest BCUT2D eigenvalue weighted by molar-refractivity contribution is 7.20. The average molecular weight is 364 g/mol. The lowest BCUT2D eigenvalue weighted by atomic mass is 10.2. The molecule has 0 bridgehead atoms. The molecule has 3 rings (SSSR count). The van der Waals surface area contributed by atoms with Crippen LogP contribution >= 0.6 is 11.3 Å². The van der Waals surface area contributed by atoms with Crippen molar-refractivity contribution < 1.29 is 14.3 Å². The number of methoxy groups -OCH3 is 1. The maximum absolute atomic E-state index is 12.7. The monoisotopic (exact) mass is 364 g/mol. The Kier molecular flexibility index (Phi) is 4.87. The number of carbonyl (C=O) groups is 2. The molecule has 0 spiro atoms. The maximum Gasteiger partial charge on any atom is 0.348 e. The van der Waals surface area contributed by atoms with Crippen molar-refractivity contribution >= 4 is 33.4 Å². The maximum atomic E-state index is 12.7. The molecule has 2 aromatic rings. The summed E-state index contributed by atoms with van der Waals surface area (Å²) in [6.07, 6.45) is 1.37. The lowest BCUT2D eigenvalue weighted by Gasteiger charge is -2.32. The van der Waals surface area contributed by atoms with Gasteiger partial charge in [0.2, 0.25) is 5.91 Å². The van der Waals surface area contributed by atoms with Crippen LogP contribution in [-0.4, -0.2) is 71.6 Å². The first kappa shape index (κ1) is 17.6. The molecule has 0 saturated carbocycles. The summed E-state index contributed by atoms with van der Waals surface area (Å²) in [6.45, 7) is 4.61. The van der Waals surface area contributed by atoms with E-state index in [2.05, 4.69) is 9.88 Å². The molecule has 1 fully saturated rings. The normalized spacial score (nSPS) is 15.6. The SMILES string of the molecule is COC(=O)c1sc2ncn(CC(=O)N3CCN(C)CC3)c(=O)c2c1C. The molecule has 1 aliphatic heterocycles. The minimum absolute atomic E-state index is 0.0473. The molecule has 2 aromatic heterocycles. The number of amides is 1. The van der Waals surface area contributed by atoms with Crippen LogP contribution in [0.15, 0.2) is 11.1 Å². The van der Waals surface area contributed by atoms with Crippen molar-refractivity contribution in [3.05, 3.63) is 27.1 Å². The Morgan fingerprint density at radius 2 is 1.96 bits per heavy atom. The fourth-order valence-corrected chi connectivity index (χ4v) is 3.92. The van der Waals surface area contributed by atoms with Crippen molar-refractivity contribution in [2.45, 2.75) is 13.5 Å². The summed E-state index contributed by atoms with van der Waals surface area (Å²) in [5.41, 5.74) is 0.238. The molecule has 0 N–H and O–H groups in total. The highest BCUT2D eigenvalue weighted by atomic mass is 32.1. The van der Waals surface area contributed by atoms with Crippen LogP contribution in [0.5, 0.6) is 0 Å². The van der Waals surface area contributed by atoms with Gasteiger partial charge in [-0.25, -0.2) is 9.78 Å². The van der Waals surface area contributed by atoms with Crippen molar-refractivity contribution in [2.24, 2.45) is 0 Å². The van der Waals surface area contributed by atoms with Crippen LogP contribution < -0.4 is 5.56 Å². The number of rotatable bonds is 3. The van der Waals surface area contributed by atoms with Gasteiger partial charge in [0, 0.05) is 26.2 Å². The van der Waals surface area contributed by atoms with Gasteiger partial charge in [-0.05, 0) is 19.5 Å². The minimum Gasteiger partial charge on any atom is -0.465 e. The van der Waals surface area contributed by atoms with E-state index in [1.165, 1.54) is 18.0 Å². The number of aryl methyl sites for hydroxylation is 1. The predicted molar refractivity (Wildman–Crippen MR) is 94.0 cm³/mol. The van der Waals surface area contributed by atoms with Crippen LogP contribution in [0.3, 0.4) is 0 Å². The number of hydrogen-bond donors (Lipinski definition) is 0. The molecule has 134 valence electrons. The van der Waals surface area contributed by atoms with Gasteiger partial charge in [0.25, 0.3) is 5.56 Å². The molecular weight excluding hydrogens is 344 g/mol. The molecule has 0 radical (unpaired) electrons. The number of carbonyl (C=O) groups excluding carboxylic acids is 2. The first-order valence-corrected chi connectivity index (χ1v) is 8.77. The predicted octanol–water partition coefficient (Wildman–Crippen LogP) is 0.327. The Labute approximate surface area is 148 Å². The fraction of sp³-hybridized carbons (Fsp3) is 0.500. The Balaban J connectivity index is 1.89. The number of piperazine rings is 1. The van der Waals surface area contributed by atoms with E-state index in [-0.39, 0.29) is 18.0 Å². The summed E-state index contributed by atoms with van der Waals surface area (Å²) in [4.78, 5) is 46.0. The van der Waals surface area contributed by atoms with E-state index >= 15 is 0 Å². The zero-order chi connectivity index (χ0) is 18.1. The van der Waals surface area contributed by atoms with Gasteiger partial charge in [-0.2, -0.15) is 0 Å². The molecule has 25 heavy (non-hydrogen) atoms. The first-order chi connectivity index (χ1) is 11.9. The summed E-state index contributed by atoms with van der Waals surface area (Å²) >= 11 is 1.13. The van der Waals surface area contributed by atoms with Crippen molar-refractivity contribution in [1.82, 2.24) is 19.4 Å². The highest BCUT2D eigenvalue weighted by Crippen LogP contribution is 2.27. The second kappa shape index (κ2) is 6.93. The van der Waals surface area contributed by atoms with Crippen LogP contribution in [0.2, 0.25) is 0 Å². The number of hydrogen-bond acceptors (Lipinski definition) is 7. The third kappa shape index (κ3) is 3.29. The number of aromatic nitrogens is 2. The number of ether oxygens (including phenoxy) is 1. The Hall–Kier alpha value is -2.26. The van der Waals surface area contributed by atoms with E-state index in [1.807, 2.05) is 7.05 Å². The number of nitrogens with zero attached hydrogens (tertiary/aromatic N) is 4. The lowest BCUT2D eigenvalue weighted by molar-refractivity contribution is -0.133. The zero-order valence-corrected chi connectivity index (χ0v) is 15.3. The molecule has 1 aliphatic rings. The fourth-order valence-electron chi connectivity index (χ4n) is 2.86. The van der Waals surface area contributed by atoms with E-state index < -0.39 is 5.97 Å². The van der Waals surface area contributed by atoms with Crippen LogP contribution in [0.1, 0.15) is 15.2 Å². The van der Waals surface area contributed by atoms with Crippen LogP contribution in [0, 0.1) is 6.92 Å². The quantitative estimate of drug-likeness (QED) is 0.730. The number of esters is 1. The summed E-state index contributed by atoms with van der Waals surface area (Å²) in [7, 11) is 3.31. The molecule has 1 amide bonds. The molecule has 1 saturated heterocycles. The van der Waals surface area contributed by atoms with Gasteiger partial charge in [0.1, 0.15) is 16.3 Å². The van der Waals surface area contributed by atoms with Crippen LogP contribution in [0.25, 0.3) is 10.2 Å². The number of thiophene rings is 1. The molecular formula is C16H20N4O4S. The average Bonchev–Trinajstić information content (AvgIpc) is 2.94. The third-order valence-electron chi connectivity index (χ3n) is 4.45. The van der Waals surface area contributed by atoms with Crippen LogP contribution in [0.4, 0.5) is 0 Å². The van der Waals surface area contributed by atoms with Crippen molar-refractivity contribution in [2.75, 3.05) is 40.3 Å². The summed E-state index contributed by atoms with van der Waals surface area (Å²) in [5, 5.41) is 0.374. The number of fused-ring (bicyclic) bond motifs is 1. The van der Waals surface area contributed by atoms with Crippen molar-refractivity contribution in [3.63, 3.8) is 0 Å². The standard InChI is InChI=1S/C16H20N4O4S/c1-10-12-14(25-13(10)16(23)24-3)17-9-20(15(12)22)8-11(21)19-6-4-18(2)5-7-19/h9H,4-8H2,1-3H3. The molecule has 0 aromatic carbocycles. The summed E-state index contributed by atoms with van der Waals surface area (Å²) in [6, 6.07) is 0. The smallest absolute Gasteiger partial charge is 0.348 e. The molecule has 8 nitrogen and oxygen atoms in total. The van der Waals surface area contributed by atoms with E-state index in [1.54, 1.807) is 11.8 Å². The molecule has 0 unspecified atom stereocenters. The third-order valence-corrected chi connectivity index (χ3v) is 5.63. The zero-order valence-electron chi connectivity index (χ0n) is 14.4. The lowest BCUT2D eigenvalue weighted by Crippen LogP contribution is -2.48. The second-order valence-electron chi connectivity index (χ2n) is 6.09. The van der Waals surface area contributed by atoms with Gasteiger partial charge >= 0.3 is 5.97 Å². The van der Waals surface area contributed by atoms with Gasteiger partial charge in [-0.1, -0.05) is 0 Å². The van der Waals surface area contributed by atoms with Gasteiger partial charge in [0.05, 0.1) is 18.8 Å². The number of likely N-dealkylation sites (N-methyl/N-ethyl adjacent to an activating group) is 1. The van der Waals surface area contributed by atoms with Gasteiger partial charge in [0.15, 0.2) is 0 Å². The van der Waals surface area contributed by atoms with Crippen LogP contribution in [-0.2, 0) is 16.1 Å². The van der Waals surface area contributed by atoms with Gasteiger partial charge < -0.3 is 14.5 Å². The molecule has 9 heteroatoms. The first-order valence-electron chi connectivity index (χ1n) is 7.95. The Bertz CT molecular complexity index is 880. The van der Waals surface area contributed by atoms with E-state index in [4.69, 9.17) is 4.74 Å². The molecule has 0 atom stereocenters. The largest absolute Gasteiger partial charge is 0.465 e. The highest BCUT2D eigenvalue weighted by Gasteiger charge is 2.22.